The number of hydrogen-bond acceptors (Lipinski definition) is 5. The number of hydrogen-bond donors (Lipinski definition) is 2. The van der Waals surface area contributed by atoms with E-state index >= 15 is 0 Å². The zero-order valence-electron chi connectivity index (χ0n) is 19.5. The van der Waals surface area contributed by atoms with Gasteiger partial charge in [-0.3, -0.25) is 4.79 Å². The molecule has 1 aliphatic heterocycles. The van der Waals surface area contributed by atoms with Gasteiger partial charge in [0.25, 0.3) is 0 Å². The highest BCUT2D eigenvalue weighted by atomic mass is 127. The number of benzene rings is 1. The average molecular weight is 631 g/mol. The van der Waals surface area contributed by atoms with E-state index in [4.69, 9.17) is 0 Å². The summed E-state index contributed by atoms with van der Waals surface area (Å²) in [7, 11) is 1.36. The largest absolute Gasteiger partial charge is 0.416 e. The van der Waals surface area contributed by atoms with Crippen LogP contribution in [0.4, 0.5) is 37.8 Å². The Kier molecular flexibility index (Phi) is 7.88. The number of rotatable bonds is 5. The highest BCUT2D eigenvalue weighted by molar-refractivity contribution is 14.1. The van der Waals surface area contributed by atoms with Crippen LogP contribution in [0.15, 0.2) is 30.5 Å². The molecule has 1 aromatic carbocycles. The van der Waals surface area contributed by atoms with Crippen LogP contribution in [0.25, 0.3) is 0 Å². The summed E-state index contributed by atoms with van der Waals surface area (Å²) < 4.78 is 80.6. The Morgan fingerprint density at radius 2 is 1.61 bits per heavy atom. The van der Waals surface area contributed by atoms with E-state index in [-0.39, 0.29) is 12.7 Å². The standard InChI is InChI=1S/C23H24F6IN3O3/c1-21(2,12-6-13(22(24,25)26)8-14(7-12)23(27,28)29)20(36)32(3)16-10-31-19(9-15(16)30)33-5-4-18(35)17(33)11-34/h6-10,17-18,34-35H,4-5,11H2,1-3H3/t17-,18+/m1/s1. The van der Waals surface area contributed by atoms with Crippen LogP contribution in [0.5, 0.6) is 0 Å². The fourth-order valence-electron chi connectivity index (χ4n) is 4.13. The molecule has 2 aromatic rings. The maximum Gasteiger partial charge on any atom is 0.416 e. The number of carbonyl (C=O) groups excluding carboxylic acids is 1. The van der Waals surface area contributed by atoms with E-state index in [0.29, 0.717) is 40.2 Å². The molecule has 6 nitrogen and oxygen atoms in total. The maximum absolute atomic E-state index is 13.4. The molecule has 0 spiro atoms. The molecule has 198 valence electrons. The third kappa shape index (κ3) is 5.57. The van der Waals surface area contributed by atoms with Crippen LogP contribution in [-0.4, -0.2) is 53.4 Å². The fraction of sp³-hybridized carbons (Fsp3) is 0.478. The van der Waals surface area contributed by atoms with Crippen LogP contribution >= 0.6 is 22.6 Å². The summed E-state index contributed by atoms with van der Waals surface area (Å²) in [4.78, 5) is 20.6. The number of pyridine rings is 1. The van der Waals surface area contributed by atoms with Crippen molar-refractivity contribution in [1.29, 1.82) is 0 Å². The van der Waals surface area contributed by atoms with Gasteiger partial charge in [0.1, 0.15) is 5.82 Å². The molecule has 1 aromatic heterocycles. The Labute approximate surface area is 217 Å². The van der Waals surface area contributed by atoms with E-state index in [9.17, 15) is 41.4 Å². The minimum atomic E-state index is -5.04. The zero-order chi connectivity index (χ0) is 27.2. The molecule has 1 amide bonds. The van der Waals surface area contributed by atoms with Crippen molar-refractivity contribution in [3.8, 4) is 0 Å². The molecule has 13 heteroatoms. The molecule has 0 radical (unpaired) electrons. The first kappa shape index (κ1) is 28.4. The number of alkyl halides is 6. The Morgan fingerprint density at radius 3 is 2.08 bits per heavy atom. The van der Waals surface area contributed by atoms with Gasteiger partial charge in [-0.1, -0.05) is 0 Å². The number of carbonyl (C=O) groups is 1. The predicted molar refractivity (Wildman–Crippen MR) is 129 cm³/mol. The topological polar surface area (TPSA) is 76.9 Å². The Hall–Kier alpha value is -2.13. The van der Waals surface area contributed by atoms with Gasteiger partial charge in [0, 0.05) is 17.2 Å². The highest BCUT2D eigenvalue weighted by Crippen LogP contribution is 2.40. The van der Waals surface area contributed by atoms with Gasteiger partial charge in [0.2, 0.25) is 5.91 Å². The van der Waals surface area contributed by atoms with Gasteiger partial charge in [-0.2, -0.15) is 26.3 Å². The lowest BCUT2D eigenvalue weighted by Gasteiger charge is -2.32. The molecule has 0 unspecified atom stereocenters. The van der Waals surface area contributed by atoms with E-state index in [2.05, 4.69) is 4.98 Å². The van der Waals surface area contributed by atoms with Crippen LogP contribution < -0.4 is 9.80 Å². The zero-order valence-corrected chi connectivity index (χ0v) is 21.6. The second-order valence-corrected chi connectivity index (χ2v) is 10.2. The highest BCUT2D eigenvalue weighted by Gasteiger charge is 2.41. The van der Waals surface area contributed by atoms with E-state index in [0.717, 1.165) is 4.90 Å². The molecule has 2 heterocycles. The fourth-order valence-corrected chi connectivity index (χ4v) is 4.91. The number of nitrogens with zero attached hydrogens (tertiary/aromatic N) is 3. The summed E-state index contributed by atoms with van der Waals surface area (Å²) in [6.45, 7) is 2.68. The molecule has 2 atom stereocenters. The van der Waals surface area contributed by atoms with E-state index < -0.39 is 52.5 Å². The van der Waals surface area contributed by atoms with E-state index in [1.165, 1.54) is 27.1 Å². The Balaban J connectivity index is 1.96. The maximum atomic E-state index is 13.4. The summed E-state index contributed by atoms with van der Waals surface area (Å²) >= 11 is 1.94. The first-order valence-electron chi connectivity index (χ1n) is 10.8. The molecule has 0 bridgehead atoms. The Bertz CT molecular complexity index is 1110. The first-order valence-corrected chi connectivity index (χ1v) is 11.9. The van der Waals surface area contributed by atoms with Gasteiger partial charge in [0.05, 0.1) is 47.2 Å². The predicted octanol–water partition coefficient (Wildman–Crippen LogP) is 4.60. The molecule has 1 saturated heterocycles. The molecule has 0 saturated carbocycles. The van der Waals surface area contributed by atoms with Crippen LogP contribution in [-0.2, 0) is 22.6 Å². The summed E-state index contributed by atoms with van der Waals surface area (Å²) in [6, 6.07) is 2.22. The van der Waals surface area contributed by atoms with Crippen LogP contribution in [0.3, 0.4) is 0 Å². The lowest BCUT2D eigenvalue weighted by Crippen LogP contribution is -2.42. The third-order valence-corrected chi connectivity index (χ3v) is 7.19. The summed E-state index contributed by atoms with van der Waals surface area (Å²) in [6.07, 6.45) is -9.00. The number of halogens is 7. The molecule has 1 fully saturated rings. The number of aromatic nitrogens is 1. The summed E-state index contributed by atoms with van der Waals surface area (Å²) in [5, 5.41) is 19.6. The number of aliphatic hydroxyl groups is 2. The second kappa shape index (κ2) is 9.97. The van der Waals surface area contributed by atoms with Crippen LogP contribution in [0.1, 0.15) is 37.0 Å². The van der Waals surface area contributed by atoms with Crippen molar-refractivity contribution in [2.24, 2.45) is 0 Å². The second-order valence-electron chi connectivity index (χ2n) is 9.08. The van der Waals surface area contributed by atoms with Gasteiger partial charge < -0.3 is 20.0 Å². The number of anilines is 2. The minimum Gasteiger partial charge on any atom is -0.394 e. The SMILES string of the molecule is CN(C(=O)C(C)(C)c1cc(C(F)(F)F)cc(C(F)(F)F)c1)c1cnc(N2CC[C@H](O)[C@H]2CO)cc1I. The van der Waals surface area contributed by atoms with Crippen molar-refractivity contribution >= 4 is 40.0 Å². The quantitative estimate of drug-likeness (QED) is 0.373. The Morgan fingerprint density at radius 1 is 1.08 bits per heavy atom. The molecule has 0 aliphatic carbocycles. The van der Waals surface area contributed by atoms with Crippen molar-refractivity contribution in [1.82, 2.24) is 4.98 Å². The van der Waals surface area contributed by atoms with Gasteiger partial charge in [0.15, 0.2) is 0 Å². The molecular formula is C23H24F6IN3O3. The molecular weight excluding hydrogens is 607 g/mol. The van der Waals surface area contributed by atoms with Crippen molar-refractivity contribution in [2.75, 3.05) is 30.0 Å². The number of amides is 1. The third-order valence-electron chi connectivity index (χ3n) is 6.32. The van der Waals surface area contributed by atoms with Gasteiger partial charge >= 0.3 is 12.4 Å². The normalized spacial score (nSPS) is 19.1. The summed E-state index contributed by atoms with van der Waals surface area (Å²) in [5.74, 6) is -0.293. The van der Waals surface area contributed by atoms with Crippen molar-refractivity contribution in [2.45, 2.75) is 50.2 Å². The number of aliphatic hydroxyl groups excluding tert-OH is 2. The van der Waals surface area contributed by atoms with Gasteiger partial charge in [-0.05, 0) is 72.7 Å². The molecule has 2 N–H and O–H groups in total. The lowest BCUT2D eigenvalue weighted by atomic mass is 9.81. The molecule has 1 aliphatic rings. The van der Waals surface area contributed by atoms with Crippen molar-refractivity contribution < 1.29 is 41.4 Å². The van der Waals surface area contributed by atoms with Crippen LogP contribution in [0, 0.1) is 3.57 Å². The van der Waals surface area contributed by atoms with Crippen LogP contribution in [0.2, 0.25) is 0 Å². The number of likely N-dealkylation sites (N-methyl/N-ethyl adjacent to an activating group) is 1. The van der Waals surface area contributed by atoms with Crippen molar-refractivity contribution in [3.05, 3.63) is 50.7 Å². The van der Waals surface area contributed by atoms with E-state index in [1.807, 2.05) is 22.6 Å². The smallest absolute Gasteiger partial charge is 0.394 e. The van der Waals surface area contributed by atoms with Gasteiger partial charge in [-0.25, -0.2) is 4.98 Å². The van der Waals surface area contributed by atoms with E-state index in [1.54, 1.807) is 11.0 Å². The minimum absolute atomic E-state index is 0.0221. The first-order chi connectivity index (χ1) is 16.5. The summed E-state index contributed by atoms with van der Waals surface area (Å²) in [5.41, 5.74) is -4.89. The monoisotopic (exact) mass is 631 g/mol. The average Bonchev–Trinajstić information content (AvgIpc) is 3.16. The van der Waals surface area contributed by atoms with Gasteiger partial charge in [-0.15, -0.1) is 0 Å². The lowest BCUT2D eigenvalue weighted by molar-refractivity contribution is -0.143. The molecule has 3 rings (SSSR count). The van der Waals surface area contributed by atoms with Crippen molar-refractivity contribution in [3.63, 3.8) is 0 Å². The molecule has 36 heavy (non-hydrogen) atoms.